The molecule has 1 atom stereocenters. The van der Waals surface area contributed by atoms with Gasteiger partial charge in [-0.15, -0.1) is 0 Å². The van der Waals surface area contributed by atoms with Gasteiger partial charge in [-0.05, 0) is 43.9 Å². The summed E-state index contributed by atoms with van der Waals surface area (Å²) in [5.41, 5.74) is 4.30. The number of amides is 2. The zero-order chi connectivity index (χ0) is 19.8. The predicted octanol–water partition coefficient (Wildman–Crippen LogP) is 3.79. The monoisotopic (exact) mass is 366 g/mol. The number of benzene rings is 2. The van der Waals surface area contributed by atoms with Crippen molar-refractivity contribution in [1.29, 1.82) is 0 Å². The molecule has 0 unspecified atom stereocenters. The number of carbonyl (C=O) groups excluding carboxylic acids is 2. The zero-order valence-electron chi connectivity index (χ0n) is 16.8. The maximum Gasteiger partial charge on any atom is 0.242 e. The van der Waals surface area contributed by atoms with Crippen molar-refractivity contribution in [3.05, 3.63) is 70.8 Å². The zero-order valence-corrected chi connectivity index (χ0v) is 16.8. The van der Waals surface area contributed by atoms with Gasteiger partial charge in [-0.2, -0.15) is 0 Å². The van der Waals surface area contributed by atoms with Gasteiger partial charge in [-0.3, -0.25) is 9.59 Å². The van der Waals surface area contributed by atoms with Gasteiger partial charge in [-0.25, -0.2) is 0 Å². The van der Waals surface area contributed by atoms with E-state index in [1.165, 1.54) is 0 Å². The Kier molecular flexibility index (Phi) is 7.59. The molecule has 2 aromatic carbocycles. The number of aryl methyl sites for hydroxylation is 2. The second-order valence-corrected chi connectivity index (χ2v) is 7.08. The second-order valence-electron chi connectivity index (χ2n) is 7.08. The Morgan fingerprint density at radius 2 is 1.70 bits per heavy atom. The summed E-state index contributed by atoms with van der Waals surface area (Å²) < 4.78 is 0. The van der Waals surface area contributed by atoms with Crippen LogP contribution in [-0.4, -0.2) is 29.3 Å². The van der Waals surface area contributed by atoms with Crippen molar-refractivity contribution in [3.63, 3.8) is 0 Å². The lowest BCUT2D eigenvalue weighted by Gasteiger charge is -2.29. The van der Waals surface area contributed by atoms with E-state index in [0.717, 1.165) is 28.7 Å². The van der Waals surface area contributed by atoms with E-state index in [-0.39, 0.29) is 18.2 Å². The van der Waals surface area contributed by atoms with Crippen LogP contribution in [0.25, 0.3) is 0 Å². The van der Waals surface area contributed by atoms with Gasteiger partial charge in [0.25, 0.3) is 0 Å². The van der Waals surface area contributed by atoms with Gasteiger partial charge in [-0.1, -0.05) is 61.0 Å². The summed E-state index contributed by atoms with van der Waals surface area (Å²) in [6.07, 6.45) is 1.16. The molecule has 0 spiro atoms. The van der Waals surface area contributed by atoms with Crippen LogP contribution in [0.4, 0.5) is 0 Å². The van der Waals surface area contributed by atoms with E-state index in [1.54, 1.807) is 11.8 Å². The van der Waals surface area contributed by atoms with E-state index in [0.29, 0.717) is 13.1 Å². The Morgan fingerprint density at radius 1 is 1.04 bits per heavy atom. The van der Waals surface area contributed by atoms with Crippen molar-refractivity contribution in [2.24, 2.45) is 0 Å². The summed E-state index contributed by atoms with van der Waals surface area (Å²) >= 11 is 0. The summed E-state index contributed by atoms with van der Waals surface area (Å²) in [6, 6.07) is 15.4. The first-order chi connectivity index (χ1) is 12.9. The molecular formula is C23H30N2O2. The third-order valence-corrected chi connectivity index (χ3v) is 4.79. The largest absolute Gasteiger partial charge is 0.354 e. The lowest BCUT2D eigenvalue weighted by atomic mass is 10.1. The van der Waals surface area contributed by atoms with E-state index in [1.807, 2.05) is 69.3 Å². The molecule has 0 aliphatic heterocycles. The van der Waals surface area contributed by atoms with Gasteiger partial charge in [0.1, 0.15) is 6.04 Å². The average Bonchev–Trinajstić information content (AvgIpc) is 2.66. The van der Waals surface area contributed by atoms with Crippen molar-refractivity contribution in [1.82, 2.24) is 10.2 Å². The van der Waals surface area contributed by atoms with E-state index in [9.17, 15) is 9.59 Å². The van der Waals surface area contributed by atoms with Crippen LogP contribution in [0.3, 0.4) is 0 Å². The van der Waals surface area contributed by atoms with E-state index in [2.05, 4.69) is 5.32 Å². The molecule has 4 heteroatoms. The van der Waals surface area contributed by atoms with Crippen LogP contribution in [0.15, 0.2) is 48.5 Å². The minimum absolute atomic E-state index is 0.0405. The number of carbonyl (C=O) groups is 2. The highest BCUT2D eigenvalue weighted by Gasteiger charge is 2.26. The number of hydrogen-bond donors (Lipinski definition) is 1. The summed E-state index contributed by atoms with van der Waals surface area (Å²) in [7, 11) is 0. The Hall–Kier alpha value is -2.62. The molecule has 2 aromatic rings. The molecule has 0 fully saturated rings. The topological polar surface area (TPSA) is 49.4 Å². The van der Waals surface area contributed by atoms with Gasteiger partial charge in [0, 0.05) is 13.1 Å². The highest BCUT2D eigenvalue weighted by molar-refractivity contribution is 5.88. The smallest absolute Gasteiger partial charge is 0.242 e. The van der Waals surface area contributed by atoms with Gasteiger partial charge in [0.05, 0.1) is 6.42 Å². The third-order valence-electron chi connectivity index (χ3n) is 4.79. The van der Waals surface area contributed by atoms with Gasteiger partial charge in [0.15, 0.2) is 0 Å². The molecule has 0 aliphatic rings. The third kappa shape index (κ3) is 5.95. The van der Waals surface area contributed by atoms with E-state index < -0.39 is 6.04 Å². The number of hydrogen-bond acceptors (Lipinski definition) is 2. The van der Waals surface area contributed by atoms with Gasteiger partial charge >= 0.3 is 0 Å². The first-order valence-corrected chi connectivity index (χ1v) is 9.59. The van der Waals surface area contributed by atoms with Crippen molar-refractivity contribution >= 4 is 11.8 Å². The minimum atomic E-state index is -0.519. The van der Waals surface area contributed by atoms with Crippen LogP contribution in [0, 0.1) is 13.8 Å². The molecule has 0 bridgehead atoms. The fourth-order valence-corrected chi connectivity index (χ4v) is 2.93. The molecule has 0 saturated heterocycles. The standard InChI is InChI=1S/C23H30N2O2/c1-5-14-24-23(27)19(4)25(16-21-9-7-6-8-18(21)3)22(26)15-20-12-10-17(2)11-13-20/h6-13,19H,5,14-16H2,1-4H3,(H,24,27)/t19-/m0/s1. The molecule has 0 saturated carbocycles. The first-order valence-electron chi connectivity index (χ1n) is 9.59. The van der Waals surface area contributed by atoms with Crippen molar-refractivity contribution in [3.8, 4) is 0 Å². The Bertz CT molecular complexity index is 768. The van der Waals surface area contributed by atoms with Crippen LogP contribution >= 0.6 is 0 Å². The Morgan fingerprint density at radius 3 is 2.33 bits per heavy atom. The van der Waals surface area contributed by atoms with Gasteiger partial charge < -0.3 is 10.2 Å². The molecule has 1 N–H and O–H groups in total. The maximum atomic E-state index is 13.1. The molecule has 0 heterocycles. The molecule has 2 rings (SSSR count). The summed E-state index contributed by atoms with van der Waals surface area (Å²) in [6.45, 7) is 8.91. The number of rotatable bonds is 8. The molecule has 27 heavy (non-hydrogen) atoms. The highest BCUT2D eigenvalue weighted by Crippen LogP contribution is 2.15. The minimum Gasteiger partial charge on any atom is -0.354 e. The number of nitrogens with zero attached hydrogens (tertiary/aromatic N) is 1. The second kappa shape index (κ2) is 9.91. The van der Waals surface area contributed by atoms with Crippen molar-refractivity contribution in [2.75, 3.05) is 6.54 Å². The quantitative estimate of drug-likeness (QED) is 0.773. The summed E-state index contributed by atoms with van der Waals surface area (Å²) in [5.74, 6) is -0.149. The van der Waals surface area contributed by atoms with Crippen LogP contribution in [0.2, 0.25) is 0 Å². The first kappa shape index (κ1) is 20.7. The molecule has 144 valence electrons. The van der Waals surface area contributed by atoms with Crippen LogP contribution < -0.4 is 5.32 Å². The van der Waals surface area contributed by atoms with Crippen molar-refractivity contribution < 1.29 is 9.59 Å². The van der Waals surface area contributed by atoms with Crippen molar-refractivity contribution in [2.45, 2.75) is 53.1 Å². The fourth-order valence-electron chi connectivity index (χ4n) is 2.93. The van der Waals surface area contributed by atoms with Crippen LogP contribution in [0.5, 0.6) is 0 Å². The molecule has 0 aliphatic carbocycles. The number of nitrogens with one attached hydrogen (secondary N) is 1. The lowest BCUT2D eigenvalue weighted by molar-refractivity contribution is -0.140. The van der Waals surface area contributed by atoms with Crippen LogP contribution in [0.1, 0.15) is 42.5 Å². The summed E-state index contributed by atoms with van der Waals surface area (Å²) in [4.78, 5) is 27.3. The van der Waals surface area contributed by atoms with E-state index >= 15 is 0 Å². The summed E-state index contributed by atoms with van der Waals surface area (Å²) in [5, 5.41) is 2.91. The fraction of sp³-hybridized carbons (Fsp3) is 0.391. The Labute approximate surface area is 162 Å². The van der Waals surface area contributed by atoms with Gasteiger partial charge in [0.2, 0.25) is 11.8 Å². The highest BCUT2D eigenvalue weighted by atomic mass is 16.2. The normalized spacial score (nSPS) is 11.7. The SMILES string of the molecule is CCCNC(=O)[C@H](C)N(Cc1ccccc1C)C(=O)Cc1ccc(C)cc1. The molecule has 0 radical (unpaired) electrons. The van der Waals surface area contributed by atoms with Crippen LogP contribution in [-0.2, 0) is 22.6 Å². The van der Waals surface area contributed by atoms with E-state index in [4.69, 9.17) is 0 Å². The molecule has 4 nitrogen and oxygen atoms in total. The lowest BCUT2D eigenvalue weighted by Crippen LogP contribution is -2.48. The molecular weight excluding hydrogens is 336 g/mol. The molecule has 2 amide bonds. The average molecular weight is 367 g/mol. The Balaban J connectivity index is 2.21. The predicted molar refractivity (Wildman–Crippen MR) is 109 cm³/mol. The molecule has 0 aromatic heterocycles. The maximum absolute atomic E-state index is 13.1.